The minimum Gasteiger partial charge on any atom is -0.389 e. The van der Waals surface area contributed by atoms with E-state index in [0.717, 1.165) is 13.0 Å². The van der Waals surface area contributed by atoms with Gasteiger partial charge < -0.3 is 10.4 Å². The van der Waals surface area contributed by atoms with Gasteiger partial charge in [-0.15, -0.1) is 0 Å². The van der Waals surface area contributed by atoms with Gasteiger partial charge in [-0.1, -0.05) is 58.3 Å². The highest BCUT2D eigenvalue weighted by molar-refractivity contribution is 4.85. The molecule has 0 aliphatic heterocycles. The Bertz CT molecular complexity index is 199. The summed E-state index contributed by atoms with van der Waals surface area (Å²) in [5.41, 5.74) is -0.495. The quantitative estimate of drug-likeness (QED) is 0.516. The van der Waals surface area contributed by atoms with Gasteiger partial charge in [0.1, 0.15) is 0 Å². The molecule has 0 amide bonds. The summed E-state index contributed by atoms with van der Waals surface area (Å²) in [6, 6.07) is 0.704. The normalized spacial score (nSPS) is 18.8. The average Bonchev–Trinajstić information content (AvgIpc) is 3.14. The maximum absolute atomic E-state index is 10.2. The van der Waals surface area contributed by atoms with Crippen molar-refractivity contribution in [3.8, 4) is 0 Å². The predicted octanol–water partition coefficient (Wildman–Crippen LogP) is 4.02. The third-order valence-corrected chi connectivity index (χ3v) is 3.92. The van der Waals surface area contributed by atoms with Crippen LogP contribution in [0.3, 0.4) is 0 Å². The van der Waals surface area contributed by atoms with E-state index in [4.69, 9.17) is 0 Å². The smallest absolute Gasteiger partial charge is 0.0743 e. The van der Waals surface area contributed by atoms with Crippen molar-refractivity contribution in [2.45, 2.75) is 96.1 Å². The van der Waals surface area contributed by atoms with Gasteiger partial charge in [-0.25, -0.2) is 0 Å². The molecule has 1 rings (SSSR count). The summed E-state index contributed by atoms with van der Waals surface area (Å²) in [6.45, 7) is 5.01. The Morgan fingerprint density at radius 1 is 1.00 bits per heavy atom. The second-order valence-corrected chi connectivity index (χ2v) is 6.38. The molecule has 1 aliphatic rings. The first-order valence-electron chi connectivity index (χ1n) is 8.10. The average molecular weight is 255 g/mol. The van der Waals surface area contributed by atoms with E-state index < -0.39 is 5.60 Å². The summed E-state index contributed by atoms with van der Waals surface area (Å²) in [4.78, 5) is 0. The second-order valence-electron chi connectivity index (χ2n) is 6.38. The van der Waals surface area contributed by atoms with Gasteiger partial charge >= 0.3 is 0 Å². The van der Waals surface area contributed by atoms with Gasteiger partial charge in [-0.2, -0.15) is 0 Å². The van der Waals surface area contributed by atoms with Crippen LogP contribution in [0.25, 0.3) is 0 Å². The summed E-state index contributed by atoms with van der Waals surface area (Å²) in [6.07, 6.45) is 14.2. The van der Waals surface area contributed by atoms with E-state index in [1.54, 1.807) is 0 Å². The molecular weight excluding hydrogens is 222 g/mol. The van der Waals surface area contributed by atoms with Gasteiger partial charge in [0, 0.05) is 12.6 Å². The first-order valence-corrected chi connectivity index (χ1v) is 8.10. The summed E-state index contributed by atoms with van der Waals surface area (Å²) >= 11 is 0. The van der Waals surface area contributed by atoms with Crippen molar-refractivity contribution < 1.29 is 5.11 Å². The molecular formula is C16H33NO. The van der Waals surface area contributed by atoms with Crippen molar-refractivity contribution in [1.29, 1.82) is 0 Å². The summed E-state index contributed by atoms with van der Waals surface area (Å²) in [7, 11) is 0. The third-order valence-electron chi connectivity index (χ3n) is 3.92. The molecule has 0 spiro atoms. The molecule has 2 heteroatoms. The fourth-order valence-electron chi connectivity index (χ4n) is 2.38. The minimum atomic E-state index is -0.495. The monoisotopic (exact) mass is 255 g/mol. The largest absolute Gasteiger partial charge is 0.389 e. The molecule has 0 aromatic heterocycles. The van der Waals surface area contributed by atoms with Crippen LogP contribution in [0, 0.1) is 0 Å². The molecule has 1 fully saturated rings. The van der Waals surface area contributed by atoms with Crippen LogP contribution in [0.5, 0.6) is 0 Å². The zero-order valence-electron chi connectivity index (χ0n) is 12.5. The van der Waals surface area contributed by atoms with E-state index in [-0.39, 0.29) is 0 Å². The minimum absolute atomic E-state index is 0.495. The molecule has 0 saturated heterocycles. The van der Waals surface area contributed by atoms with Gasteiger partial charge in [0.15, 0.2) is 0 Å². The molecule has 2 N–H and O–H groups in total. The fraction of sp³-hybridized carbons (Fsp3) is 1.00. The van der Waals surface area contributed by atoms with Crippen LogP contribution in [-0.4, -0.2) is 23.3 Å². The summed E-state index contributed by atoms with van der Waals surface area (Å²) < 4.78 is 0. The van der Waals surface area contributed by atoms with Crippen molar-refractivity contribution >= 4 is 0 Å². The van der Waals surface area contributed by atoms with Gasteiger partial charge in [0.2, 0.25) is 0 Å². The highest BCUT2D eigenvalue weighted by Crippen LogP contribution is 2.21. The van der Waals surface area contributed by atoms with Crippen LogP contribution < -0.4 is 5.32 Å². The molecule has 1 saturated carbocycles. The Kier molecular flexibility index (Phi) is 7.92. The molecule has 1 atom stereocenters. The van der Waals surface area contributed by atoms with Crippen LogP contribution >= 0.6 is 0 Å². The highest BCUT2D eigenvalue weighted by atomic mass is 16.3. The number of unbranched alkanes of at least 4 members (excludes halogenated alkanes) is 7. The number of aliphatic hydroxyl groups is 1. The van der Waals surface area contributed by atoms with Gasteiger partial charge in [-0.3, -0.25) is 0 Å². The molecule has 108 valence electrons. The van der Waals surface area contributed by atoms with Gasteiger partial charge in [0.05, 0.1) is 5.60 Å². The number of hydrogen-bond acceptors (Lipinski definition) is 2. The van der Waals surface area contributed by atoms with E-state index in [2.05, 4.69) is 12.2 Å². The first kappa shape index (κ1) is 16.0. The summed E-state index contributed by atoms with van der Waals surface area (Å²) in [5.74, 6) is 0. The molecule has 18 heavy (non-hydrogen) atoms. The molecule has 1 aliphatic carbocycles. The van der Waals surface area contributed by atoms with E-state index in [0.29, 0.717) is 6.04 Å². The Morgan fingerprint density at radius 2 is 1.56 bits per heavy atom. The van der Waals surface area contributed by atoms with Crippen molar-refractivity contribution in [2.24, 2.45) is 0 Å². The molecule has 1 unspecified atom stereocenters. The van der Waals surface area contributed by atoms with Crippen LogP contribution in [0.1, 0.15) is 84.5 Å². The number of hydrogen-bond donors (Lipinski definition) is 2. The van der Waals surface area contributed by atoms with Crippen molar-refractivity contribution in [3.63, 3.8) is 0 Å². The van der Waals surface area contributed by atoms with Crippen LogP contribution in [-0.2, 0) is 0 Å². The fourth-order valence-corrected chi connectivity index (χ4v) is 2.38. The zero-order valence-corrected chi connectivity index (χ0v) is 12.5. The maximum Gasteiger partial charge on any atom is 0.0743 e. The predicted molar refractivity (Wildman–Crippen MR) is 78.9 cm³/mol. The maximum atomic E-state index is 10.2. The first-order chi connectivity index (χ1) is 8.64. The van der Waals surface area contributed by atoms with E-state index in [9.17, 15) is 5.11 Å². The number of nitrogens with one attached hydrogen (secondary N) is 1. The standard InChI is InChI=1S/C16H33NO/c1-3-4-5-6-7-8-9-10-13-16(2,18)14-17-15-11-12-15/h15,17-18H,3-14H2,1-2H3. The second kappa shape index (κ2) is 8.92. The Balaban J connectivity index is 1.85. The third kappa shape index (κ3) is 8.93. The van der Waals surface area contributed by atoms with Crippen molar-refractivity contribution in [3.05, 3.63) is 0 Å². The lowest BCUT2D eigenvalue weighted by Gasteiger charge is -2.23. The number of rotatable bonds is 12. The zero-order chi connectivity index (χ0) is 13.3. The topological polar surface area (TPSA) is 32.3 Å². The summed E-state index contributed by atoms with van der Waals surface area (Å²) in [5, 5.41) is 13.6. The lowest BCUT2D eigenvalue weighted by molar-refractivity contribution is 0.0477. The van der Waals surface area contributed by atoms with E-state index in [1.165, 1.54) is 64.2 Å². The molecule has 0 heterocycles. The van der Waals surface area contributed by atoms with E-state index in [1.807, 2.05) is 6.92 Å². The van der Waals surface area contributed by atoms with Crippen molar-refractivity contribution in [1.82, 2.24) is 5.32 Å². The van der Waals surface area contributed by atoms with Crippen molar-refractivity contribution in [2.75, 3.05) is 6.54 Å². The van der Waals surface area contributed by atoms with Crippen LogP contribution in [0.15, 0.2) is 0 Å². The molecule has 0 bridgehead atoms. The molecule has 0 radical (unpaired) electrons. The Morgan fingerprint density at radius 3 is 2.11 bits per heavy atom. The molecule has 2 nitrogen and oxygen atoms in total. The highest BCUT2D eigenvalue weighted by Gasteiger charge is 2.25. The lowest BCUT2D eigenvalue weighted by atomic mass is 9.97. The van der Waals surface area contributed by atoms with Crippen LogP contribution in [0.4, 0.5) is 0 Å². The van der Waals surface area contributed by atoms with E-state index >= 15 is 0 Å². The molecule has 0 aromatic carbocycles. The SMILES string of the molecule is CCCCCCCCCCC(C)(O)CNC1CC1. The Labute approximate surface area is 114 Å². The van der Waals surface area contributed by atoms with Gasteiger partial charge in [-0.05, 0) is 26.2 Å². The molecule has 0 aromatic rings. The lowest BCUT2D eigenvalue weighted by Crippen LogP contribution is -2.38. The van der Waals surface area contributed by atoms with Gasteiger partial charge in [0.25, 0.3) is 0 Å². The Hall–Kier alpha value is -0.0800. The van der Waals surface area contributed by atoms with Crippen LogP contribution in [0.2, 0.25) is 0 Å².